The zero-order valence-electron chi connectivity index (χ0n) is 14.9. The lowest BCUT2D eigenvalue weighted by molar-refractivity contribution is 0.0383. The average Bonchev–Trinajstić information content (AvgIpc) is 3.19. The van der Waals surface area contributed by atoms with E-state index in [-0.39, 0.29) is 11.8 Å². The molecule has 0 aliphatic carbocycles. The number of nitrogens with one attached hydrogen (secondary N) is 2. The largest absolute Gasteiger partial charge is 0.379 e. The summed E-state index contributed by atoms with van der Waals surface area (Å²) in [6.07, 6.45) is 0. The third-order valence-electron chi connectivity index (χ3n) is 4.18. The maximum atomic E-state index is 12.2. The topological polar surface area (TPSA) is 110 Å². The van der Waals surface area contributed by atoms with E-state index in [0.29, 0.717) is 35.0 Å². The van der Waals surface area contributed by atoms with Crippen LogP contribution in [-0.4, -0.2) is 61.1 Å². The van der Waals surface area contributed by atoms with Crippen molar-refractivity contribution in [2.75, 3.05) is 44.7 Å². The number of nitrogens with zero attached hydrogens (tertiary/aromatic N) is 2. The number of carbonyl (C=O) groups is 2. The fraction of sp³-hybridized carbons (Fsp3) is 0.389. The van der Waals surface area contributed by atoms with Gasteiger partial charge >= 0.3 is 0 Å². The highest BCUT2D eigenvalue weighted by Gasteiger charge is 2.12. The summed E-state index contributed by atoms with van der Waals surface area (Å²) >= 11 is 1.35. The summed E-state index contributed by atoms with van der Waals surface area (Å²) in [5, 5.41) is 8.06. The Morgan fingerprint density at radius 1 is 1.19 bits per heavy atom. The van der Waals surface area contributed by atoms with E-state index in [4.69, 9.17) is 10.5 Å². The molecule has 0 spiro atoms. The van der Waals surface area contributed by atoms with E-state index in [1.165, 1.54) is 11.3 Å². The number of rotatable bonds is 7. The molecule has 0 saturated carbocycles. The van der Waals surface area contributed by atoms with Crippen molar-refractivity contribution in [1.29, 1.82) is 0 Å². The molecule has 2 aromatic rings. The van der Waals surface area contributed by atoms with Crippen LogP contribution in [0.3, 0.4) is 0 Å². The molecule has 1 aromatic heterocycles. The highest BCUT2D eigenvalue weighted by atomic mass is 32.1. The number of aromatic nitrogens is 1. The van der Waals surface area contributed by atoms with Crippen molar-refractivity contribution in [3.8, 4) is 0 Å². The lowest BCUT2D eigenvalue weighted by atomic mass is 10.2. The maximum Gasteiger partial charge on any atom is 0.275 e. The van der Waals surface area contributed by atoms with Crippen LogP contribution in [0.4, 0.5) is 5.69 Å². The molecule has 1 aliphatic rings. The summed E-state index contributed by atoms with van der Waals surface area (Å²) in [7, 11) is 0. The van der Waals surface area contributed by atoms with Gasteiger partial charge in [-0.05, 0) is 24.3 Å². The first-order valence-electron chi connectivity index (χ1n) is 8.80. The predicted molar refractivity (Wildman–Crippen MR) is 104 cm³/mol. The fourth-order valence-corrected chi connectivity index (χ4v) is 3.32. The number of carbonyl (C=O) groups excluding carboxylic acids is 2. The van der Waals surface area contributed by atoms with Gasteiger partial charge in [-0.15, -0.1) is 11.3 Å². The summed E-state index contributed by atoms with van der Waals surface area (Å²) in [6, 6.07) is 6.77. The second kappa shape index (κ2) is 9.56. The molecule has 0 atom stereocenters. The molecule has 1 aromatic carbocycles. The van der Waals surface area contributed by atoms with E-state index in [0.717, 1.165) is 32.8 Å². The summed E-state index contributed by atoms with van der Waals surface area (Å²) < 4.78 is 5.30. The average molecular weight is 389 g/mol. The Morgan fingerprint density at radius 2 is 1.93 bits per heavy atom. The van der Waals surface area contributed by atoms with Gasteiger partial charge in [0.15, 0.2) is 0 Å². The van der Waals surface area contributed by atoms with Crippen LogP contribution in [0, 0.1) is 0 Å². The van der Waals surface area contributed by atoms with Crippen molar-refractivity contribution >= 4 is 28.8 Å². The predicted octanol–water partition coefficient (Wildman–Crippen LogP) is 0.916. The van der Waals surface area contributed by atoms with Crippen LogP contribution in [0.5, 0.6) is 0 Å². The SMILES string of the molecule is NCc1nc(C(=O)Nc2ccc(C(=O)NCCN3CCOCC3)cc2)cs1. The van der Waals surface area contributed by atoms with Crippen LogP contribution in [0.2, 0.25) is 0 Å². The molecule has 8 nitrogen and oxygen atoms in total. The number of amides is 2. The van der Waals surface area contributed by atoms with Crippen molar-refractivity contribution in [3.05, 3.63) is 45.9 Å². The first-order chi connectivity index (χ1) is 13.2. The van der Waals surface area contributed by atoms with E-state index in [2.05, 4.69) is 20.5 Å². The number of morpholine rings is 1. The van der Waals surface area contributed by atoms with Gasteiger partial charge in [0.25, 0.3) is 11.8 Å². The Hall–Kier alpha value is -2.33. The number of benzene rings is 1. The van der Waals surface area contributed by atoms with E-state index in [1.54, 1.807) is 29.6 Å². The van der Waals surface area contributed by atoms with Crippen LogP contribution in [0.15, 0.2) is 29.6 Å². The molecular weight excluding hydrogens is 366 g/mol. The van der Waals surface area contributed by atoms with Gasteiger partial charge in [0.2, 0.25) is 0 Å². The molecule has 27 heavy (non-hydrogen) atoms. The van der Waals surface area contributed by atoms with Gasteiger partial charge in [0.05, 0.1) is 13.2 Å². The second-order valence-electron chi connectivity index (χ2n) is 6.07. The second-order valence-corrected chi connectivity index (χ2v) is 7.01. The van der Waals surface area contributed by atoms with Crippen LogP contribution >= 0.6 is 11.3 Å². The number of ether oxygens (including phenoxy) is 1. The van der Waals surface area contributed by atoms with Gasteiger partial charge in [-0.3, -0.25) is 14.5 Å². The number of thiazole rings is 1. The third-order valence-corrected chi connectivity index (χ3v) is 5.05. The van der Waals surface area contributed by atoms with Gasteiger partial charge < -0.3 is 21.1 Å². The first kappa shape index (κ1) is 19.4. The quantitative estimate of drug-likeness (QED) is 0.650. The van der Waals surface area contributed by atoms with E-state index >= 15 is 0 Å². The highest BCUT2D eigenvalue weighted by molar-refractivity contribution is 7.09. The normalized spacial score (nSPS) is 14.7. The summed E-state index contributed by atoms with van der Waals surface area (Å²) in [4.78, 5) is 30.8. The molecular formula is C18H23N5O3S. The van der Waals surface area contributed by atoms with Gasteiger partial charge in [-0.25, -0.2) is 4.98 Å². The summed E-state index contributed by atoms with van der Waals surface area (Å²) in [5.41, 5.74) is 7.00. The molecule has 1 aliphatic heterocycles. The summed E-state index contributed by atoms with van der Waals surface area (Å²) in [6.45, 7) is 5.00. The molecule has 2 amide bonds. The minimum atomic E-state index is -0.298. The molecule has 0 radical (unpaired) electrons. The molecule has 144 valence electrons. The number of hydrogen-bond donors (Lipinski definition) is 3. The zero-order chi connectivity index (χ0) is 19.1. The highest BCUT2D eigenvalue weighted by Crippen LogP contribution is 2.13. The standard InChI is InChI=1S/C18H23N5O3S/c19-11-16-22-15(12-27-16)18(25)21-14-3-1-13(2-4-14)17(24)20-5-6-23-7-9-26-10-8-23/h1-4,12H,5-11,19H2,(H,20,24)(H,21,25). The van der Waals surface area contributed by atoms with Crippen molar-refractivity contribution < 1.29 is 14.3 Å². The smallest absolute Gasteiger partial charge is 0.275 e. The monoisotopic (exact) mass is 389 g/mol. The number of anilines is 1. The van der Waals surface area contributed by atoms with E-state index in [9.17, 15) is 9.59 Å². The molecule has 4 N–H and O–H groups in total. The van der Waals surface area contributed by atoms with Gasteiger partial charge in [0, 0.05) is 49.4 Å². The fourth-order valence-electron chi connectivity index (χ4n) is 2.66. The number of nitrogens with two attached hydrogens (primary N) is 1. The Morgan fingerprint density at radius 3 is 2.59 bits per heavy atom. The van der Waals surface area contributed by atoms with Crippen LogP contribution in [0.25, 0.3) is 0 Å². The van der Waals surface area contributed by atoms with E-state index in [1.807, 2.05) is 0 Å². The Balaban J connectivity index is 1.47. The van der Waals surface area contributed by atoms with E-state index < -0.39 is 0 Å². The van der Waals surface area contributed by atoms with Crippen molar-refractivity contribution in [2.45, 2.75) is 6.54 Å². The van der Waals surface area contributed by atoms with Crippen LogP contribution < -0.4 is 16.4 Å². The molecule has 3 rings (SSSR count). The Labute approximate surface area is 161 Å². The van der Waals surface area contributed by atoms with Crippen LogP contribution in [0.1, 0.15) is 25.9 Å². The molecule has 2 heterocycles. The van der Waals surface area contributed by atoms with Crippen molar-refractivity contribution in [2.24, 2.45) is 5.73 Å². The minimum absolute atomic E-state index is 0.131. The Kier molecular flexibility index (Phi) is 6.88. The molecule has 0 bridgehead atoms. The third kappa shape index (κ3) is 5.57. The van der Waals surface area contributed by atoms with Crippen molar-refractivity contribution in [1.82, 2.24) is 15.2 Å². The van der Waals surface area contributed by atoms with Gasteiger partial charge in [-0.1, -0.05) is 0 Å². The van der Waals surface area contributed by atoms with Crippen LogP contribution in [-0.2, 0) is 11.3 Å². The lowest BCUT2D eigenvalue weighted by Gasteiger charge is -2.26. The maximum absolute atomic E-state index is 12.2. The summed E-state index contributed by atoms with van der Waals surface area (Å²) in [5.74, 6) is -0.429. The van der Waals surface area contributed by atoms with Gasteiger partial charge in [0.1, 0.15) is 10.7 Å². The van der Waals surface area contributed by atoms with Crippen molar-refractivity contribution in [3.63, 3.8) is 0 Å². The minimum Gasteiger partial charge on any atom is -0.379 e. The molecule has 9 heteroatoms. The lowest BCUT2D eigenvalue weighted by Crippen LogP contribution is -2.41. The Bertz CT molecular complexity index is 772. The first-order valence-corrected chi connectivity index (χ1v) is 9.68. The number of hydrogen-bond acceptors (Lipinski definition) is 7. The molecule has 0 unspecified atom stereocenters. The van der Waals surface area contributed by atoms with Gasteiger partial charge in [-0.2, -0.15) is 0 Å². The molecule has 1 saturated heterocycles. The zero-order valence-corrected chi connectivity index (χ0v) is 15.8. The molecule has 1 fully saturated rings.